The Morgan fingerprint density at radius 1 is 1.18 bits per heavy atom. The average Bonchev–Trinajstić information content (AvgIpc) is 2.53. The maximum absolute atomic E-state index is 12.1. The van der Waals surface area contributed by atoms with Gasteiger partial charge in [-0.25, -0.2) is 4.98 Å². The van der Waals surface area contributed by atoms with Crippen LogP contribution in [-0.2, 0) is 9.59 Å². The third-order valence-corrected chi connectivity index (χ3v) is 3.62. The molecule has 1 aliphatic heterocycles. The second-order valence-electron chi connectivity index (χ2n) is 5.78. The van der Waals surface area contributed by atoms with Gasteiger partial charge in [0.1, 0.15) is 5.82 Å². The largest absolute Gasteiger partial charge is 0.354 e. The van der Waals surface area contributed by atoms with Crippen LogP contribution in [-0.4, -0.2) is 53.9 Å². The summed E-state index contributed by atoms with van der Waals surface area (Å²) in [6.45, 7) is 6.75. The van der Waals surface area contributed by atoms with Crippen molar-refractivity contribution in [3.8, 4) is 0 Å². The first-order valence-electron chi connectivity index (χ1n) is 7.79. The number of anilines is 1. The van der Waals surface area contributed by atoms with E-state index in [0.29, 0.717) is 13.1 Å². The van der Waals surface area contributed by atoms with Crippen molar-refractivity contribution in [1.29, 1.82) is 0 Å². The van der Waals surface area contributed by atoms with Crippen LogP contribution in [0.5, 0.6) is 0 Å². The normalized spacial score (nSPS) is 15.0. The lowest BCUT2D eigenvalue weighted by Crippen LogP contribution is -2.49. The molecule has 2 rings (SSSR count). The molecule has 0 spiro atoms. The number of carbonyl (C=O) groups is 2. The second-order valence-corrected chi connectivity index (χ2v) is 5.78. The number of pyridine rings is 1. The summed E-state index contributed by atoms with van der Waals surface area (Å²) in [4.78, 5) is 32.1. The molecule has 1 aromatic rings. The first-order valence-corrected chi connectivity index (χ1v) is 7.79. The molecule has 1 aliphatic rings. The Hall–Kier alpha value is -2.11. The van der Waals surface area contributed by atoms with Crippen LogP contribution in [0, 0.1) is 0 Å². The minimum atomic E-state index is -0.0597. The summed E-state index contributed by atoms with van der Waals surface area (Å²) in [5.41, 5.74) is 0. The van der Waals surface area contributed by atoms with E-state index in [-0.39, 0.29) is 30.7 Å². The van der Waals surface area contributed by atoms with E-state index in [2.05, 4.69) is 15.2 Å². The van der Waals surface area contributed by atoms with Gasteiger partial charge < -0.3 is 15.1 Å². The van der Waals surface area contributed by atoms with E-state index in [1.165, 1.54) is 0 Å². The predicted octanol–water partition coefficient (Wildman–Crippen LogP) is 1.03. The first-order chi connectivity index (χ1) is 10.6. The molecular formula is C16H24N4O2. The molecule has 0 aromatic carbocycles. The van der Waals surface area contributed by atoms with Crippen molar-refractivity contribution in [2.75, 3.05) is 31.1 Å². The topological polar surface area (TPSA) is 65.5 Å². The summed E-state index contributed by atoms with van der Waals surface area (Å²) >= 11 is 0. The highest BCUT2D eigenvalue weighted by atomic mass is 16.2. The van der Waals surface area contributed by atoms with Crippen molar-refractivity contribution in [3.63, 3.8) is 0 Å². The molecule has 0 radical (unpaired) electrons. The van der Waals surface area contributed by atoms with Crippen LogP contribution in [0.3, 0.4) is 0 Å². The summed E-state index contributed by atoms with van der Waals surface area (Å²) in [5.74, 6) is 0.945. The van der Waals surface area contributed by atoms with Crippen LogP contribution < -0.4 is 10.2 Å². The minimum absolute atomic E-state index is 0.0552. The number of amides is 2. The molecule has 2 amide bonds. The summed E-state index contributed by atoms with van der Waals surface area (Å²) in [6, 6.07) is 5.95. The molecule has 1 fully saturated rings. The number of nitrogens with zero attached hydrogens (tertiary/aromatic N) is 3. The summed E-state index contributed by atoms with van der Waals surface area (Å²) < 4.78 is 0. The van der Waals surface area contributed by atoms with Crippen molar-refractivity contribution in [2.24, 2.45) is 0 Å². The second kappa shape index (κ2) is 7.77. The molecule has 0 bridgehead atoms. The smallest absolute Gasteiger partial charge is 0.223 e. The van der Waals surface area contributed by atoms with Gasteiger partial charge >= 0.3 is 0 Å². The monoisotopic (exact) mass is 304 g/mol. The number of piperazine rings is 1. The summed E-state index contributed by atoms with van der Waals surface area (Å²) in [7, 11) is 0. The van der Waals surface area contributed by atoms with E-state index in [1.807, 2.05) is 36.9 Å². The number of hydrogen-bond acceptors (Lipinski definition) is 4. The zero-order valence-corrected chi connectivity index (χ0v) is 13.3. The van der Waals surface area contributed by atoms with Crippen molar-refractivity contribution < 1.29 is 9.59 Å². The van der Waals surface area contributed by atoms with E-state index in [1.54, 1.807) is 6.20 Å². The average molecular weight is 304 g/mol. The molecule has 0 unspecified atom stereocenters. The molecule has 0 saturated carbocycles. The predicted molar refractivity (Wildman–Crippen MR) is 85.5 cm³/mol. The van der Waals surface area contributed by atoms with E-state index in [4.69, 9.17) is 0 Å². The van der Waals surface area contributed by atoms with Crippen molar-refractivity contribution >= 4 is 17.6 Å². The fourth-order valence-corrected chi connectivity index (χ4v) is 2.50. The molecule has 2 heterocycles. The van der Waals surface area contributed by atoms with Gasteiger partial charge in [-0.05, 0) is 26.0 Å². The maximum Gasteiger partial charge on any atom is 0.223 e. The van der Waals surface area contributed by atoms with Crippen molar-refractivity contribution in [1.82, 2.24) is 15.2 Å². The molecule has 1 aromatic heterocycles. The molecule has 120 valence electrons. The van der Waals surface area contributed by atoms with Gasteiger partial charge in [0.2, 0.25) is 11.8 Å². The van der Waals surface area contributed by atoms with Crippen LogP contribution in [0.25, 0.3) is 0 Å². The van der Waals surface area contributed by atoms with E-state index in [0.717, 1.165) is 18.9 Å². The van der Waals surface area contributed by atoms with E-state index >= 15 is 0 Å². The van der Waals surface area contributed by atoms with Crippen molar-refractivity contribution in [2.45, 2.75) is 32.7 Å². The van der Waals surface area contributed by atoms with Gasteiger partial charge in [-0.3, -0.25) is 9.59 Å². The summed E-state index contributed by atoms with van der Waals surface area (Å²) in [6.07, 6.45) is 2.32. The third-order valence-electron chi connectivity index (χ3n) is 3.62. The molecule has 1 N–H and O–H groups in total. The highest BCUT2D eigenvalue weighted by molar-refractivity contribution is 5.84. The molecule has 6 heteroatoms. The van der Waals surface area contributed by atoms with Crippen LogP contribution in [0.15, 0.2) is 24.4 Å². The highest BCUT2D eigenvalue weighted by Gasteiger charge is 2.22. The van der Waals surface area contributed by atoms with Gasteiger partial charge in [-0.1, -0.05) is 6.07 Å². The Kier molecular flexibility index (Phi) is 5.75. The van der Waals surface area contributed by atoms with Gasteiger partial charge in [0.25, 0.3) is 0 Å². The number of hydrogen-bond donors (Lipinski definition) is 1. The molecule has 6 nitrogen and oxygen atoms in total. The Morgan fingerprint density at radius 3 is 2.50 bits per heavy atom. The number of nitrogens with one attached hydrogen (secondary N) is 1. The number of carbonyl (C=O) groups excluding carboxylic acids is 2. The van der Waals surface area contributed by atoms with E-state index in [9.17, 15) is 9.59 Å². The van der Waals surface area contributed by atoms with Gasteiger partial charge in [0.05, 0.1) is 0 Å². The van der Waals surface area contributed by atoms with Crippen LogP contribution >= 0.6 is 0 Å². The molecule has 0 atom stereocenters. The number of aromatic nitrogens is 1. The van der Waals surface area contributed by atoms with Crippen LogP contribution in [0.2, 0.25) is 0 Å². The van der Waals surface area contributed by atoms with E-state index < -0.39 is 0 Å². The fourth-order valence-electron chi connectivity index (χ4n) is 2.50. The zero-order chi connectivity index (χ0) is 15.9. The lowest BCUT2D eigenvalue weighted by Gasteiger charge is -2.35. The summed E-state index contributed by atoms with van der Waals surface area (Å²) in [5, 5.41) is 2.80. The Balaban J connectivity index is 1.74. The minimum Gasteiger partial charge on any atom is -0.354 e. The third kappa shape index (κ3) is 4.72. The van der Waals surface area contributed by atoms with Crippen LogP contribution in [0.1, 0.15) is 26.7 Å². The molecule has 22 heavy (non-hydrogen) atoms. The highest BCUT2D eigenvalue weighted by Crippen LogP contribution is 2.13. The van der Waals surface area contributed by atoms with Crippen molar-refractivity contribution in [3.05, 3.63) is 24.4 Å². The molecule has 1 saturated heterocycles. The lowest BCUT2D eigenvalue weighted by atomic mass is 10.2. The SMILES string of the molecule is CC(C)NC(=O)CCC(=O)N1CCN(c2ccccn2)CC1. The fraction of sp³-hybridized carbons (Fsp3) is 0.562. The molecule has 0 aliphatic carbocycles. The van der Waals surface area contributed by atoms with Crippen LogP contribution in [0.4, 0.5) is 5.82 Å². The first kappa shape index (κ1) is 16.3. The Morgan fingerprint density at radius 2 is 1.91 bits per heavy atom. The quantitative estimate of drug-likeness (QED) is 0.882. The standard InChI is InChI=1S/C16H24N4O2/c1-13(2)18-15(21)6-7-16(22)20-11-9-19(10-12-20)14-5-3-4-8-17-14/h3-5,8,13H,6-7,9-12H2,1-2H3,(H,18,21). The van der Waals surface area contributed by atoms with Gasteiger partial charge in [-0.2, -0.15) is 0 Å². The Bertz CT molecular complexity index is 496. The number of rotatable bonds is 5. The lowest BCUT2D eigenvalue weighted by molar-refractivity contribution is -0.134. The maximum atomic E-state index is 12.1. The van der Waals surface area contributed by atoms with Gasteiger partial charge in [-0.15, -0.1) is 0 Å². The van der Waals surface area contributed by atoms with Gasteiger partial charge in [0, 0.05) is 51.3 Å². The van der Waals surface area contributed by atoms with Gasteiger partial charge in [0.15, 0.2) is 0 Å². The molecular weight excluding hydrogens is 280 g/mol. The Labute approximate surface area is 131 Å². The zero-order valence-electron chi connectivity index (χ0n) is 13.3.